The molecule has 0 aliphatic heterocycles. The van der Waals surface area contributed by atoms with Gasteiger partial charge in [-0.3, -0.25) is 9.59 Å². The third-order valence-electron chi connectivity index (χ3n) is 4.89. The van der Waals surface area contributed by atoms with E-state index in [9.17, 15) is 14.0 Å². The Balaban J connectivity index is 2.06. The molecule has 5 nitrogen and oxygen atoms in total. The number of nitrogens with zero attached hydrogens (tertiary/aromatic N) is 1. The zero-order valence-electron chi connectivity index (χ0n) is 18.4. The summed E-state index contributed by atoms with van der Waals surface area (Å²) >= 11 is 1.45. The van der Waals surface area contributed by atoms with Gasteiger partial charge in [-0.1, -0.05) is 37.6 Å². The molecule has 2 aromatic rings. The number of amides is 2. The predicted molar refractivity (Wildman–Crippen MR) is 123 cm³/mol. The van der Waals surface area contributed by atoms with Gasteiger partial charge in [0.15, 0.2) is 0 Å². The van der Waals surface area contributed by atoms with Crippen molar-refractivity contribution in [3.8, 4) is 5.75 Å². The van der Waals surface area contributed by atoms with Gasteiger partial charge >= 0.3 is 0 Å². The van der Waals surface area contributed by atoms with Crippen LogP contribution in [0.15, 0.2) is 48.5 Å². The summed E-state index contributed by atoms with van der Waals surface area (Å²) in [5, 5.41) is 2.91. The summed E-state index contributed by atoms with van der Waals surface area (Å²) in [6.07, 6.45) is 1.89. The first-order chi connectivity index (χ1) is 14.9. The molecule has 2 amide bonds. The first-order valence-electron chi connectivity index (χ1n) is 10.5. The molecule has 1 N–H and O–H groups in total. The molecule has 0 aliphatic carbocycles. The van der Waals surface area contributed by atoms with Crippen LogP contribution in [0, 0.1) is 5.82 Å². The molecule has 0 fully saturated rings. The van der Waals surface area contributed by atoms with Gasteiger partial charge in [-0.15, -0.1) is 11.8 Å². The van der Waals surface area contributed by atoms with Crippen LogP contribution in [0.5, 0.6) is 5.75 Å². The fraction of sp³-hybridized carbons (Fsp3) is 0.417. The van der Waals surface area contributed by atoms with E-state index in [0.29, 0.717) is 24.6 Å². The van der Waals surface area contributed by atoms with E-state index < -0.39 is 6.04 Å². The molecular formula is C24H31FN2O3S. The maximum atomic E-state index is 13.1. The zero-order valence-corrected chi connectivity index (χ0v) is 19.2. The fourth-order valence-corrected chi connectivity index (χ4v) is 3.88. The van der Waals surface area contributed by atoms with Crippen LogP contribution < -0.4 is 10.1 Å². The number of halogens is 1. The smallest absolute Gasteiger partial charge is 0.242 e. The van der Waals surface area contributed by atoms with Crippen LogP contribution in [-0.4, -0.2) is 42.2 Å². The molecule has 0 spiro atoms. The molecule has 7 heteroatoms. The van der Waals surface area contributed by atoms with Crippen LogP contribution in [0.1, 0.15) is 37.8 Å². The minimum Gasteiger partial charge on any atom is -0.497 e. The summed E-state index contributed by atoms with van der Waals surface area (Å²) in [6, 6.07) is 13.1. The third kappa shape index (κ3) is 8.25. The van der Waals surface area contributed by atoms with E-state index in [0.717, 1.165) is 24.0 Å². The topological polar surface area (TPSA) is 58.6 Å². The Morgan fingerprint density at radius 3 is 2.58 bits per heavy atom. The van der Waals surface area contributed by atoms with E-state index in [1.807, 2.05) is 24.3 Å². The third-order valence-corrected chi connectivity index (χ3v) is 5.88. The summed E-state index contributed by atoms with van der Waals surface area (Å²) in [6.45, 7) is 4.73. The average Bonchev–Trinajstić information content (AvgIpc) is 2.78. The number of nitrogens with one attached hydrogen (secondary N) is 1. The number of carbonyl (C=O) groups is 2. The molecule has 0 saturated heterocycles. The Labute approximate surface area is 188 Å². The molecule has 0 radical (unpaired) electrons. The number of rotatable bonds is 12. The monoisotopic (exact) mass is 446 g/mol. The second-order valence-corrected chi connectivity index (χ2v) is 8.30. The lowest BCUT2D eigenvalue weighted by atomic mass is 10.1. The van der Waals surface area contributed by atoms with Crippen molar-refractivity contribution in [1.82, 2.24) is 10.2 Å². The predicted octanol–water partition coefficient (Wildman–Crippen LogP) is 4.40. The second kappa shape index (κ2) is 13.0. The normalized spacial score (nSPS) is 11.6. The highest BCUT2D eigenvalue weighted by Gasteiger charge is 2.26. The van der Waals surface area contributed by atoms with Crippen LogP contribution in [0.3, 0.4) is 0 Å². The van der Waals surface area contributed by atoms with Gasteiger partial charge in [0.05, 0.1) is 12.9 Å². The molecule has 168 valence electrons. The van der Waals surface area contributed by atoms with E-state index in [1.54, 1.807) is 31.1 Å². The number of benzene rings is 2. The van der Waals surface area contributed by atoms with Crippen molar-refractivity contribution in [2.75, 3.05) is 19.4 Å². The van der Waals surface area contributed by atoms with Gasteiger partial charge in [-0.2, -0.15) is 0 Å². The highest BCUT2D eigenvalue weighted by Crippen LogP contribution is 2.18. The summed E-state index contributed by atoms with van der Waals surface area (Å²) in [5.41, 5.74) is 1.84. The molecule has 0 aliphatic rings. The Bertz CT molecular complexity index is 845. The van der Waals surface area contributed by atoms with E-state index in [1.165, 1.54) is 23.9 Å². The summed E-state index contributed by atoms with van der Waals surface area (Å²) in [5.74, 6) is 0.971. The van der Waals surface area contributed by atoms with Crippen LogP contribution >= 0.6 is 11.8 Å². The van der Waals surface area contributed by atoms with Crippen LogP contribution in [0.25, 0.3) is 0 Å². The van der Waals surface area contributed by atoms with E-state index >= 15 is 0 Å². The van der Waals surface area contributed by atoms with Crippen molar-refractivity contribution in [1.29, 1.82) is 0 Å². The zero-order chi connectivity index (χ0) is 22.6. The summed E-state index contributed by atoms with van der Waals surface area (Å²) in [7, 11) is 1.60. The van der Waals surface area contributed by atoms with Crippen molar-refractivity contribution in [2.24, 2.45) is 0 Å². The van der Waals surface area contributed by atoms with Gasteiger partial charge in [0, 0.05) is 18.8 Å². The Morgan fingerprint density at radius 2 is 1.90 bits per heavy atom. The lowest BCUT2D eigenvalue weighted by molar-refractivity contribution is -0.138. The molecule has 2 aromatic carbocycles. The molecule has 0 bridgehead atoms. The largest absolute Gasteiger partial charge is 0.497 e. The van der Waals surface area contributed by atoms with Crippen molar-refractivity contribution < 1.29 is 18.7 Å². The Hall–Kier alpha value is -2.54. The Morgan fingerprint density at radius 1 is 1.16 bits per heavy atom. The maximum Gasteiger partial charge on any atom is 0.242 e. The minimum absolute atomic E-state index is 0.118. The molecule has 31 heavy (non-hydrogen) atoms. The average molecular weight is 447 g/mol. The SMILES string of the molecule is CCCCNC(=O)[C@@H](C)N(Cc1cccc(OC)c1)C(=O)CSCc1ccc(F)cc1. The lowest BCUT2D eigenvalue weighted by Crippen LogP contribution is -2.48. The Kier molecular flexibility index (Phi) is 10.4. The number of hydrogen-bond donors (Lipinski definition) is 1. The van der Waals surface area contributed by atoms with Crippen molar-refractivity contribution in [2.45, 2.75) is 45.0 Å². The molecule has 2 rings (SSSR count). The van der Waals surface area contributed by atoms with E-state index in [-0.39, 0.29) is 23.4 Å². The van der Waals surface area contributed by atoms with Gasteiger partial charge in [0.25, 0.3) is 0 Å². The fourth-order valence-electron chi connectivity index (χ4n) is 3.01. The summed E-state index contributed by atoms with van der Waals surface area (Å²) < 4.78 is 18.3. The van der Waals surface area contributed by atoms with Crippen molar-refractivity contribution >= 4 is 23.6 Å². The first-order valence-corrected chi connectivity index (χ1v) is 11.6. The number of thioether (sulfide) groups is 1. The number of unbranched alkanes of at least 4 members (excludes halogenated alkanes) is 1. The van der Waals surface area contributed by atoms with E-state index in [2.05, 4.69) is 12.2 Å². The molecule has 0 unspecified atom stereocenters. The minimum atomic E-state index is -0.595. The van der Waals surface area contributed by atoms with Gasteiger partial charge in [-0.25, -0.2) is 4.39 Å². The molecular weight excluding hydrogens is 415 g/mol. The quantitative estimate of drug-likeness (QED) is 0.491. The van der Waals surface area contributed by atoms with Gasteiger partial charge in [0.1, 0.15) is 17.6 Å². The highest BCUT2D eigenvalue weighted by molar-refractivity contribution is 7.99. The lowest BCUT2D eigenvalue weighted by Gasteiger charge is -2.29. The summed E-state index contributed by atoms with van der Waals surface area (Å²) in [4.78, 5) is 27.3. The molecule has 0 heterocycles. The number of hydrogen-bond acceptors (Lipinski definition) is 4. The number of carbonyl (C=O) groups excluding carboxylic acids is 2. The standard InChI is InChI=1S/C24H31FN2O3S/c1-4-5-13-26-24(29)18(2)27(15-20-7-6-8-22(14-20)30-3)23(28)17-31-16-19-9-11-21(25)12-10-19/h6-12,14,18H,4-5,13,15-17H2,1-3H3,(H,26,29)/t18-/m1/s1. The number of methoxy groups -OCH3 is 1. The van der Waals surface area contributed by atoms with Crippen LogP contribution in [0.2, 0.25) is 0 Å². The van der Waals surface area contributed by atoms with Crippen LogP contribution in [-0.2, 0) is 21.9 Å². The molecule has 1 atom stereocenters. The van der Waals surface area contributed by atoms with Gasteiger partial charge in [0.2, 0.25) is 11.8 Å². The molecule has 0 aromatic heterocycles. The van der Waals surface area contributed by atoms with Crippen molar-refractivity contribution in [3.63, 3.8) is 0 Å². The van der Waals surface area contributed by atoms with Gasteiger partial charge < -0.3 is 15.0 Å². The van der Waals surface area contributed by atoms with Crippen molar-refractivity contribution in [3.05, 3.63) is 65.5 Å². The maximum absolute atomic E-state index is 13.1. The number of ether oxygens (including phenoxy) is 1. The second-order valence-electron chi connectivity index (χ2n) is 7.31. The van der Waals surface area contributed by atoms with E-state index in [4.69, 9.17) is 4.74 Å². The molecule has 0 saturated carbocycles. The highest BCUT2D eigenvalue weighted by atomic mass is 32.2. The van der Waals surface area contributed by atoms with Gasteiger partial charge in [-0.05, 0) is 48.7 Å². The van der Waals surface area contributed by atoms with Crippen LogP contribution in [0.4, 0.5) is 4.39 Å². The first kappa shape index (κ1) is 24.7.